The van der Waals surface area contributed by atoms with Crippen LogP contribution in [0.15, 0.2) is 48.5 Å². The van der Waals surface area contributed by atoms with Crippen LogP contribution in [0.5, 0.6) is 0 Å². The maximum Gasteiger partial charge on any atom is 0.248 e. The van der Waals surface area contributed by atoms with Gasteiger partial charge in [-0.1, -0.05) is 67.9 Å². The normalized spacial score (nSPS) is 30.0. The predicted octanol–water partition coefficient (Wildman–Crippen LogP) is 4.40. The van der Waals surface area contributed by atoms with E-state index in [2.05, 4.69) is 10.6 Å². The fourth-order valence-electron chi connectivity index (χ4n) is 6.92. The Labute approximate surface area is 239 Å². The Morgan fingerprint density at radius 3 is 2.49 bits per heavy atom. The molecule has 6 atom stereocenters. The largest absolute Gasteiger partial charge is 0.394 e. The summed E-state index contributed by atoms with van der Waals surface area (Å²) >= 11 is 8.07. The summed E-state index contributed by atoms with van der Waals surface area (Å²) in [7, 11) is 0. The van der Waals surface area contributed by atoms with Crippen molar-refractivity contribution >= 4 is 46.8 Å². The van der Waals surface area contributed by atoms with Gasteiger partial charge in [0.15, 0.2) is 0 Å². The summed E-state index contributed by atoms with van der Waals surface area (Å²) in [5.74, 6) is -2.05. The van der Waals surface area contributed by atoms with E-state index in [4.69, 9.17) is 11.6 Å². The molecule has 3 amide bonds. The number of amides is 3. The number of thioether (sulfide) groups is 1. The van der Waals surface area contributed by atoms with Crippen LogP contribution >= 0.6 is 23.4 Å². The van der Waals surface area contributed by atoms with Crippen molar-refractivity contribution in [2.45, 2.75) is 68.7 Å². The first-order chi connectivity index (χ1) is 18.5. The van der Waals surface area contributed by atoms with Gasteiger partial charge in [0.05, 0.1) is 39.9 Å². The standard InChI is InChI=1S/C30H36ClN3O4S/c1-17(2)21(16-35)34-25(27(37)33-24-18(3)9-8-12-20(24)31)30-14-13-29(4,39-30)22(23(30)28(34)38)26(36)32-15-19-10-6-5-7-11-19/h5-12,17,21-23,25,35H,13-16H2,1-4H3,(H,32,36)(H,33,37)/t21-,22+,23-,25?,29-,30?/m0/s1. The average Bonchev–Trinajstić information content (AvgIpc) is 3.47. The second-order valence-electron chi connectivity index (χ2n) is 11.6. The molecule has 3 aliphatic heterocycles. The van der Waals surface area contributed by atoms with Crippen LogP contribution in [-0.4, -0.2) is 55.9 Å². The minimum Gasteiger partial charge on any atom is -0.394 e. The number of nitrogens with zero attached hydrogens (tertiary/aromatic N) is 1. The molecule has 3 aliphatic rings. The van der Waals surface area contributed by atoms with Crippen molar-refractivity contribution < 1.29 is 19.5 Å². The highest BCUT2D eigenvalue weighted by Crippen LogP contribution is 2.71. The highest BCUT2D eigenvalue weighted by atomic mass is 35.5. The van der Waals surface area contributed by atoms with Crippen LogP contribution in [0.3, 0.4) is 0 Å². The zero-order valence-electron chi connectivity index (χ0n) is 22.7. The minimum absolute atomic E-state index is 0.0883. The molecule has 2 aromatic carbocycles. The molecule has 5 rings (SSSR count). The molecule has 3 N–H and O–H groups in total. The molecular weight excluding hydrogens is 534 g/mol. The van der Waals surface area contributed by atoms with E-state index >= 15 is 0 Å². The van der Waals surface area contributed by atoms with Crippen LogP contribution in [0, 0.1) is 24.7 Å². The van der Waals surface area contributed by atoms with Crippen LogP contribution in [-0.2, 0) is 20.9 Å². The predicted molar refractivity (Wildman–Crippen MR) is 154 cm³/mol. The molecule has 3 heterocycles. The quantitative estimate of drug-likeness (QED) is 0.438. The molecule has 7 nitrogen and oxygen atoms in total. The molecule has 0 radical (unpaired) electrons. The highest BCUT2D eigenvalue weighted by Gasteiger charge is 2.77. The topological polar surface area (TPSA) is 98.7 Å². The molecule has 9 heteroatoms. The summed E-state index contributed by atoms with van der Waals surface area (Å²) in [4.78, 5) is 43.9. The van der Waals surface area contributed by atoms with Crippen molar-refractivity contribution in [2.24, 2.45) is 17.8 Å². The average molecular weight is 570 g/mol. The number of para-hydroxylation sites is 1. The second kappa shape index (κ2) is 10.5. The third-order valence-corrected chi connectivity index (χ3v) is 11.1. The number of aryl methyl sites for hydroxylation is 1. The smallest absolute Gasteiger partial charge is 0.248 e. The number of anilines is 1. The Bertz CT molecular complexity index is 1270. The van der Waals surface area contributed by atoms with Crippen LogP contribution in [0.25, 0.3) is 0 Å². The molecule has 208 valence electrons. The first-order valence-electron chi connectivity index (χ1n) is 13.5. The van der Waals surface area contributed by atoms with E-state index in [0.29, 0.717) is 23.7 Å². The number of hydrogen-bond donors (Lipinski definition) is 3. The molecular formula is C30H36ClN3O4S. The van der Waals surface area contributed by atoms with Gasteiger partial charge in [0.1, 0.15) is 6.04 Å². The lowest BCUT2D eigenvalue weighted by Crippen LogP contribution is -2.56. The van der Waals surface area contributed by atoms with Gasteiger partial charge in [-0.3, -0.25) is 14.4 Å². The number of aliphatic hydroxyl groups is 1. The van der Waals surface area contributed by atoms with Crippen LogP contribution < -0.4 is 10.6 Å². The maximum absolute atomic E-state index is 14.3. The van der Waals surface area contributed by atoms with Gasteiger partial charge in [-0.25, -0.2) is 0 Å². The van der Waals surface area contributed by atoms with Gasteiger partial charge in [0.2, 0.25) is 17.7 Å². The van der Waals surface area contributed by atoms with Crippen molar-refractivity contribution in [2.75, 3.05) is 11.9 Å². The molecule has 2 aromatic rings. The summed E-state index contributed by atoms with van der Waals surface area (Å²) < 4.78 is -1.25. The van der Waals surface area contributed by atoms with Gasteiger partial charge >= 0.3 is 0 Å². The SMILES string of the molecule is Cc1cccc(Cl)c1NC(=O)C1N([C@@H](CO)C(C)C)C(=O)[C@@H]2[C@H](C(=O)NCc3ccccc3)[C@]3(C)CCC12S3. The van der Waals surface area contributed by atoms with Crippen molar-refractivity contribution in [3.63, 3.8) is 0 Å². The monoisotopic (exact) mass is 569 g/mol. The van der Waals surface area contributed by atoms with Gasteiger partial charge in [-0.05, 0) is 49.8 Å². The van der Waals surface area contributed by atoms with E-state index in [0.717, 1.165) is 17.5 Å². The van der Waals surface area contributed by atoms with E-state index in [-0.39, 0.29) is 30.2 Å². The summed E-state index contributed by atoms with van der Waals surface area (Å²) in [6, 6.07) is 13.7. The van der Waals surface area contributed by atoms with Gasteiger partial charge in [-0.15, -0.1) is 11.8 Å². The zero-order chi connectivity index (χ0) is 28.1. The van der Waals surface area contributed by atoms with Gasteiger partial charge in [-0.2, -0.15) is 0 Å². The molecule has 39 heavy (non-hydrogen) atoms. The third-order valence-electron chi connectivity index (χ3n) is 8.84. The van der Waals surface area contributed by atoms with E-state index < -0.39 is 33.4 Å². The van der Waals surface area contributed by atoms with E-state index in [1.165, 1.54) is 0 Å². The van der Waals surface area contributed by atoms with Gasteiger partial charge in [0, 0.05) is 11.3 Å². The molecule has 0 aromatic heterocycles. The first kappa shape index (κ1) is 28.0. The van der Waals surface area contributed by atoms with Crippen molar-refractivity contribution in [1.82, 2.24) is 10.2 Å². The number of hydrogen-bond acceptors (Lipinski definition) is 5. The second-order valence-corrected chi connectivity index (χ2v) is 13.9. The molecule has 0 saturated carbocycles. The minimum atomic E-state index is -0.844. The van der Waals surface area contributed by atoms with Crippen molar-refractivity contribution in [1.29, 1.82) is 0 Å². The highest BCUT2D eigenvalue weighted by molar-refractivity contribution is 8.02. The fourth-order valence-corrected chi connectivity index (χ4v) is 9.53. The van der Waals surface area contributed by atoms with Crippen LogP contribution in [0.1, 0.15) is 44.7 Å². The first-order valence-corrected chi connectivity index (χ1v) is 14.7. The Morgan fingerprint density at radius 1 is 1.13 bits per heavy atom. The van der Waals surface area contributed by atoms with E-state index in [1.807, 2.05) is 70.2 Å². The van der Waals surface area contributed by atoms with Gasteiger partial charge < -0.3 is 20.6 Å². The Morgan fingerprint density at radius 2 is 1.85 bits per heavy atom. The molecule has 3 saturated heterocycles. The molecule has 2 bridgehead atoms. The van der Waals surface area contributed by atoms with Crippen molar-refractivity contribution in [3.8, 4) is 0 Å². The van der Waals surface area contributed by atoms with Crippen LogP contribution in [0.4, 0.5) is 5.69 Å². The summed E-state index contributed by atoms with van der Waals surface area (Å²) in [6.07, 6.45) is 1.36. The Kier molecular flexibility index (Phi) is 7.50. The number of rotatable bonds is 8. The number of carbonyl (C=O) groups excluding carboxylic acids is 3. The number of fused-ring (bicyclic) bond motifs is 1. The summed E-state index contributed by atoms with van der Waals surface area (Å²) in [5, 5.41) is 16.9. The lowest BCUT2D eigenvalue weighted by molar-refractivity contribution is -0.143. The fraction of sp³-hybridized carbons (Fsp3) is 0.500. The molecule has 2 unspecified atom stereocenters. The zero-order valence-corrected chi connectivity index (χ0v) is 24.3. The molecule has 3 fully saturated rings. The Hall–Kier alpha value is -2.55. The van der Waals surface area contributed by atoms with Gasteiger partial charge in [0.25, 0.3) is 0 Å². The van der Waals surface area contributed by atoms with Crippen molar-refractivity contribution in [3.05, 3.63) is 64.7 Å². The lowest BCUT2D eigenvalue weighted by Gasteiger charge is -2.38. The number of carbonyl (C=O) groups is 3. The summed E-state index contributed by atoms with van der Waals surface area (Å²) in [6.45, 7) is 7.89. The maximum atomic E-state index is 14.3. The number of benzene rings is 2. The summed E-state index contributed by atoms with van der Waals surface area (Å²) in [5.41, 5.74) is 2.31. The number of aliphatic hydroxyl groups excluding tert-OH is 1. The third kappa shape index (κ3) is 4.54. The number of nitrogens with one attached hydrogen (secondary N) is 2. The Balaban J connectivity index is 1.52. The number of halogens is 1. The van der Waals surface area contributed by atoms with E-state index in [9.17, 15) is 19.5 Å². The lowest BCUT2D eigenvalue weighted by atomic mass is 9.66. The molecule has 0 aliphatic carbocycles. The van der Waals surface area contributed by atoms with E-state index in [1.54, 1.807) is 22.7 Å². The number of likely N-dealkylation sites (tertiary alicyclic amines) is 1. The van der Waals surface area contributed by atoms with Crippen LogP contribution in [0.2, 0.25) is 5.02 Å². The molecule has 1 spiro atoms.